The Labute approximate surface area is 173 Å². The van der Waals surface area contributed by atoms with Gasteiger partial charge in [-0.05, 0) is 59.7 Å². The number of carbonyl (C=O) groups excluding carboxylic acids is 1. The first-order chi connectivity index (χ1) is 14.9. The molecular weight excluding hydrogens is 411 g/mol. The number of rotatable bonds is 5. The molecule has 0 saturated heterocycles. The summed E-state index contributed by atoms with van der Waals surface area (Å²) >= 11 is 0. The lowest BCUT2D eigenvalue weighted by molar-refractivity contribution is -0.147. The minimum atomic E-state index is -4.67. The number of benzene rings is 2. The molecule has 2 aromatic heterocycles. The quantitative estimate of drug-likeness (QED) is 0.525. The number of para-hydroxylation sites is 2. The molecule has 8 nitrogen and oxygen atoms in total. The van der Waals surface area contributed by atoms with Gasteiger partial charge in [0.2, 0.25) is 11.7 Å². The first-order valence-electron chi connectivity index (χ1n) is 9.61. The van der Waals surface area contributed by atoms with Gasteiger partial charge in [-0.2, -0.15) is 13.2 Å². The Morgan fingerprint density at radius 2 is 1.84 bits per heavy atom. The molecule has 2 heterocycles. The number of fused-ring (bicyclic) bond motifs is 1. The highest BCUT2D eigenvalue weighted by atomic mass is 19.4. The molecule has 5 rings (SSSR count). The number of carbonyl (C=O) groups is 1. The van der Waals surface area contributed by atoms with Crippen molar-refractivity contribution in [3.63, 3.8) is 0 Å². The van der Waals surface area contributed by atoms with Crippen molar-refractivity contribution in [2.45, 2.75) is 31.6 Å². The normalized spacial score (nSPS) is 14.2. The topological polar surface area (TPSA) is 90.5 Å². The SMILES string of the molecule is O=C(Cn1c(C(F)(F)F)nc2ccccc21)Nc1ccc(-c2nnnn2C2CC2)cc1. The second-order valence-corrected chi connectivity index (χ2v) is 7.31. The van der Waals surface area contributed by atoms with Gasteiger partial charge in [0.05, 0.1) is 17.1 Å². The number of alkyl halides is 3. The standard InChI is InChI=1S/C20H16F3N7O/c21-20(22,23)19-25-15-3-1-2-4-16(15)29(19)11-17(31)24-13-7-5-12(6-8-13)18-26-27-28-30(18)14-9-10-14/h1-8,14H,9-11H2,(H,24,31). The number of amides is 1. The Kier molecular flexibility index (Phi) is 4.45. The molecule has 11 heteroatoms. The van der Waals surface area contributed by atoms with Crippen molar-refractivity contribution in [3.8, 4) is 11.4 Å². The molecule has 1 N–H and O–H groups in total. The lowest BCUT2D eigenvalue weighted by Crippen LogP contribution is -2.23. The van der Waals surface area contributed by atoms with Crippen LogP contribution in [-0.4, -0.2) is 35.7 Å². The van der Waals surface area contributed by atoms with E-state index in [0.29, 0.717) is 17.6 Å². The van der Waals surface area contributed by atoms with E-state index in [1.165, 1.54) is 12.1 Å². The molecule has 1 saturated carbocycles. The maximum Gasteiger partial charge on any atom is 0.449 e. The maximum atomic E-state index is 13.4. The molecule has 1 aliphatic carbocycles. The van der Waals surface area contributed by atoms with E-state index in [4.69, 9.17) is 0 Å². The summed E-state index contributed by atoms with van der Waals surface area (Å²) in [6, 6.07) is 13.3. The summed E-state index contributed by atoms with van der Waals surface area (Å²) in [7, 11) is 0. The second kappa shape index (κ2) is 7.18. The first kappa shape index (κ1) is 19.2. The van der Waals surface area contributed by atoms with Crippen LogP contribution in [0.1, 0.15) is 24.7 Å². The molecule has 0 atom stereocenters. The zero-order valence-electron chi connectivity index (χ0n) is 16.0. The van der Waals surface area contributed by atoms with E-state index in [1.54, 1.807) is 41.1 Å². The van der Waals surface area contributed by atoms with Crippen molar-refractivity contribution in [2.24, 2.45) is 0 Å². The molecule has 1 fully saturated rings. The zero-order valence-corrected chi connectivity index (χ0v) is 16.0. The van der Waals surface area contributed by atoms with E-state index in [0.717, 1.165) is 23.0 Å². The summed E-state index contributed by atoms with van der Waals surface area (Å²) in [6.45, 7) is -0.517. The molecule has 31 heavy (non-hydrogen) atoms. The first-order valence-corrected chi connectivity index (χ1v) is 9.61. The van der Waals surface area contributed by atoms with Crippen LogP contribution in [0.25, 0.3) is 22.4 Å². The van der Waals surface area contributed by atoms with Gasteiger partial charge in [-0.1, -0.05) is 12.1 Å². The number of halogens is 3. The van der Waals surface area contributed by atoms with Crippen molar-refractivity contribution >= 4 is 22.6 Å². The van der Waals surface area contributed by atoms with E-state index in [1.807, 2.05) is 0 Å². The lowest BCUT2D eigenvalue weighted by Gasteiger charge is -2.12. The second-order valence-electron chi connectivity index (χ2n) is 7.31. The van der Waals surface area contributed by atoms with Gasteiger partial charge in [-0.3, -0.25) is 4.79 Å². The van der Waals surface area contributed by atoms with Crippen molar-refractivity contribution in [3.05, 3.63) is 54.4 Å². The molecule has 0 bridgehead atoms. The third-order valence-electron chi connectivity index (χ3n) is 5.02. The summed E-state index contributed by atoms with van der Waals surface area (Å²) < 4.78 is 42.9. The van der Waals surface area contributed by atoms with Crippen LogP contribution >= 0.6 is 0 Å². The van der Waals surface area contributed by atoms with Crippen LogP contribution in [0, 0.1) is 0 Å². The Morgan fingerprint density at radius 1 is 1.10 bits per heavy atom. The Bertz CT molecular complexity index is 1260. The number of anilines is 1. The van der Waals surface area contributed by atoms with Crippen LogP contribution in [0.5, 0.6) is 0 Å². The molecule has 0 radical (unpaired) electrons. The predicted octanol–water partition coefficient (Wildman–Crippen LogP) is 3.68. The van der Waals surface area contributed by atoms with Gasteiger partial charge in [0.15, 0.2) is 5.82 Å². The number of aromatic nitrogens is 6. The maximum absolute atomic E-state index is 13.4. The summed E-state index contributed by atoms with van der Waals surface area (Å²) in [4.78, 5) is 16.2. The molecule has 2 aromatic carbocycles. The summed E-state index contributed by atoms with van der Waals surface area (Å²) in [5.74, 6) is -1.06. The van der Waals surface area contributed by atoms with Gasteiger partial charge in [-0.15, -0.1) is 5.10 Å². The molecular formula is C20H16F3N7O. The number of hydrogen-bond acceptors (Lipinski definition) is 5. The van der Waals surface area contributed by atoms with Crippen molar-refractivity contribution in [2.75, 3.05) is 5.32 Å². The molecule has 158 valence electrons. The summed E-state index contributed by atoms with van der Waals surface area (Å²) in [5, 5.41) is 14.4. The smallest absolute Gasteiger partial charge is 0.325 e. The number of nitrogens with one attached hydrogen (secondary N) is 1. The van der Waals surface area contributed by atoms with Gasteiger partial charge in [-0.25, -0.2) is 9.67 Å². The number of hydrogen-bond donors (Lipinski definition) is 1. The lowest BCUT2D eigenvalue weighted by atomic mass is 10.2. The monoisotopic (exact) mass is 427 g/mol. The van der Waals surface area contributed by atoms with Crippen LogP contribution < -0.4 is 5.32 Å². The van der Waals surface area contributed by atoms with Crippen molar-refractivity contribution in [1.82, 2.24) is 29.8 Å². The number of tetrazole rings is 1. The van der Waals surface area contributed by atoms with Gasteiger partial charge >= 0.3 is 6.18 Å². The Balaban J connectivity index is 1.35. The van der Waals surface area contributed by atoms with E-state index < -0.39 is 24.5 Å². The fourth-order valence-electron chi connectivity index (χ4n) is 3.45. The van der Waals surface area contributed by atoms with E-state index in [-0.39, 0.29) is 11.0 Å². The van der Waals surface area contributed by atoms with Crippen molar-refractivity contribution < 1.29 is 18.0 Å². The van der Waals surface area contributed by atoms with Crippen LogP contribution in [0.3, 0.4) is 0 Å². The Hall–Kier alpha value is -3.76. The van der Waals surface area contributed by atoms with Gasteiger partial charge in [0.1, 0.15) is 6.54 Å². The fraction of sp³-hybridized carbons (Fsp3) is 0.250. The van der Waals surface area contributed by atoms with Crippen LogP contribution in [0.2, 0.25) is 0 Å². The molecule has 0 aliphatic heterocycles. The minimum absolute atomic E-state index is 0.181. The Morgan fingerprint density at radius 3 is 2.55 bits per heavy atom. The highest BCUT2D eigenvalue weighted by Gasteiger charge is 2.38. The minimum Gasteiger partial charge on any atom is -0.325 e. The fourth-order valence-corrected chi connectivity index (χ4v) is 3.45. The van der Waals surface area contributed by atoms with Gasteiger partial charge < -0.3 is 9.88 Å². The summed E-state index contributed by atoms with van der Waals surface area (Å²) in [6.07, 6.45) is -2.60. The van der Waals surface area contributed by atoms with E-state index in [2.05, 4.69) is 25.8 Å². The van der Waals surface area contributed by atoms with Crippen LogP contribution in [-0.2, 0) is 17.5 Å². The molecule has 0 spiro atoms. The predicted molar refractivity (Wildman–Crippen MR) is 105 cm³/mol. The zero-order chi connectivity index (χ0) is 21.6. The molecule has 1 amide bonds. The summed E-state index contributed by atoms with van der Waals surface area (Å²) in [5.41, 5.74) is 1.67. The number of imidazole rings is 1. The van der Waals surface area contributed by atoms with Crippen LogP contribution in [0.15, 0.2) is 48.5 Å². The van der Waals surface area contributed by atoms with E-state index >= 15 is 0 Å². The van der Waals surface area contributed by atoms with Crippen LogP contribution in [0.4, 0.5) is 18.9 Å². The van der Waals surface area contributed by atoms with Crippen molar-refractivity contribution in [1.29, 1.82) is 0 Å². The third-order valence-corrected chi connectivity index (χ3v) is 5.02. The highest BCUT2D eigenvalue weighted by molar-refractivity contribution is 5.92. The molecule has 4 aromatic rings. The molecule has 0 unspecified atom stereocenters. The highest BCUT2D eigenvalue weighted by Crippen LogP contribution is 2.36. The van der Waals surface area contributed by atoms with Gasteiger partial charge in [0.25, 0.3) is 0 Å². The molecule has 1 aliphatic rings. The largest absolute Gasteiger partial charge is 0.449 e. The van der Waals surface area contributed by atoms with Gasteiger partial charge in [0, 0.05) is 11.3 Å². The average Bonchev–Trinajstić information content (AvgIpc) is 3.34. The number of nitrogens with zero attached hydrogens (tertiary/aromatic N) is 6. The third kappa shape index (κ3) is 3.74. The van der Waals surface area contributed by atoms with E-state index in [9.17, 15) is 18.0 Å². The average molecular weight is 427 g/mol.